The number of benzene rings is 1. The number of ether oxygens (including phenoxy) is 4. The first-order valence-electron chi connectivity index (χ1n) is 14.1. The van der Waals surface area contributed by atoms with Crippen LogP contribution >= 0.6 is 0 Å². The van der Waals surface area contributed by atoms with Gasteiger partial charge in [0.1, 0.15) is 18.6 Å². The van der Waals surface area contributed by atoms with Crippen molar-refractivity contribution in [3.63, 3.8) is 0 Å². The number of likely N-dealkylation sites (N-methyl/N-ethyl adjacent to an activating group) is 1. The summed E-state index contributed by atoms with van der Waals surface area (Å²) in [5.41, 5.74) is 0.0939. The minimum atomic E-state index is -0.993. The molecule has 2 saturated heterocycles. The fourth-order valence-electron chi connectivity index (χ4n) is 5.92. The lowest BCUT2D eigenvalue weighted by atomic mass is 9.78. The number of methoxy groups -OCH3 is 1. The maximum atomic E-state index is 13.7. The van der Waals surface area contributed by atoms with Crippen molar-refractivity contribution in [2.24, 2.45) is 17.8 Å². The van der Waals surface area contributed by atoms with Gasteiger partial charge in [-0.25, -0.2) is 0 Å². The second-order valence-corrected chi connectivity index (χ2v) is 11.9. The zero-order chi connectivity index (χ0) is 28.9. The van der Waals surface area contributed by atoms with Crippen LogP contribution in [0.4, 0.5) is 0 Å². The molecule has 2 fully saturated rings. The molecule has 10 atom stereocenters. The first-order chi connectivity index (χ1) is 18.4. The minimum Gasteiger partial charge on any atom is -0.463 e. The zero-order valence-corrected chi connectivity index (χ0v) is 24.8. The highest BCUT2D eigenvalue weighted by Gasteiger charge is 2.48. The minimum absolute atomic E-state index is 0.120. The highest BCUT2D eigenvalue weighted by molar-refractivity contribution is 5.99. The molecule has 2 aliphatic rings. The van der Waals surface area contributed by atoms with Crippen molar-refractivity contribution >= 4 is 11.8 Å². The molecule has 2 unspecified atom stereocenters. The summed E-state index contributed by atoms with van der Waals surface area (Å²) in [6.45, 7) is 10.1. The van der Waals surface area contributed by atoms with Gasteiger partial charge in [-0.1, -0.05) is 44.2 Å². The van der Waals surface area contributed by atoms with E-state index in [-0.39, 0.29) is 36.5 Å². The predicted octanol–water partition coefficient (Wildman–Crippen LogP) is 2.96. The van der Waals surface area contributed by atoms with Gasteiger partial charge >= 0.3 is 5.97 Å². The van der Waals surface area contributed by atoms with E-state index in [0.29, 0.717) is 19.4 Å². The maximum absolute atomic E-state index is 13.7. The Kier molecular flexibility index (Phi) is 11.1. The van der Waals surface area contributed by atoms with Crippen molar-refractivity contribution in [3.8, 4) is 0 Å². The molecular weight excluding hydrogens is 500 g/mol. The Balaban J connectivity index is 1.94. The Morgan fingerprint density at radius 2 is 1.77 bits per heavy atom. The van der Waals surface area contributed by atoms with Crippen molar-refractivity contribution < 1.29 is 33.6 Å². The van der Waals surface area contributed by atoms with Crippen LogP contribution in [0, 0.1) is 17.8 Å². The Bertz CT molecular complexity index is 944. The van der Waals surface area contributed by atoms with Gasteiger partial charge in [0.05, 0.1) is 23.9 Å². The number of Topliss-reactive ketones (excluding diaryl/α,β-unsaturated/α-hetero) is 1. The predicted molar refractivity (Wildman–Crippen MR) is 148 cm³/mol. The van der Waals surface area contributed by atoms with Gasteiger partial charge < -0.3 is 34.3 Å². The molecule has 0 radical (unpaired) electrons. The Labute approximate surface area is 233 Å². The summed E-state index contributed by atoms with van der Waals surface area (Å²) >= 11 is 0. The monoisotopic (exact) mass is 548 g/mol. The van der Waals surface area contributed by atoms with Crippen LogP contribution in [0.25, 0.3) is 0 Å². The first kappa shape index (κ1) is 31.6. The molecule has 0 bridgehead atoms. The molecule has 0 spiro atoms. The van der Waals surface area contributed by atoms with Gasteiger partial charge in [-0.05, 0) is 65.7 Å². The zero-order valence-electron chi connectivity index (χ0n) is 24.8. The fraction of sp³-hybridized carbons (Fsp3) is 0.733. The van der Waals surface area contributed by atoms with Crippen LogP contribution in [-0.4, -0.2) is 92.4 Å². The van der Waals surface area contributed by atoms with Crippen molar-refractivity contribution in [3.05, 3.63) is 35.9 Å². The maximum Gasteiger partial charge on any atom is 0.316 e. The highest BCUT2D eigenvalue weighted by atomic mass is 16.7. The molecule has 0 saturated carbocycles. The van der Waals surface area contributed by atoms with E-state index < -0.39 is 41.9 Å². The van der Waals surface area contributed by atoms with Gasteiger partial charge in [0, 0.05) is 19.1 Å². The number of nitrogens with one attached hydrogen (secondary N) is 1. The lowest BCUT2D eigenvalue weighted by Gasteiger charge is -2.46. The Hall–Kier alpha value is -1.88. The summed E-state index contributed by atoms with van der Waals surface area (Å²) in [6.07, 6.45) is -1.58. The van der Waals surface area contributed by atoms with Gasteiger partial charge in [-0.15, -0.1) is 0 Å². The molecule has 9 nitrogen and oxygen atoms in total. The normalized spacial score (nSPS) is 39.4. The standard InChI is InChI=1S/C30H48N2O7/c1-18-15-30(5,36-8)27(39-29-26(34)24(32(6)7)14-19(2)38-29)20(3)25(33)21(4)28(35)37-17-23(31-16-18)22-12-10-9-11-13-22/h9-13,18-21,23-24,26-27,29,31,34H,14-17H2,1-8H3/t18-,19-,20+,21-,23-,24?,26?,27-,29+,30-/m1/s1. The van der Waals surface area contributed by atoms with E-state index in [1.54, 1.807) is 21.0 Å². The van der Waals surface area contributed by atoms with Crippen LogP contribution in [0.5, 0.6) is 0 Å². The quantitative estimate of drug-likeness (QED) is 0.424. The number of carbonyl (C=O) groups excluding carboxylic acids is 2. The van der Waals surface area contributed by atoms with Crippen LogP contribution in [-0.2, 0) is 28.5 Å². The number of hydrogen-bond acceptors (Lipinski definition) is 9. The van der Waals surface area contributed by atoms with Crippen molar-refractivity contribution in [2.45, 2.75) is 89.7 Å². The van der Waals surface area contributed by atoms with Crippen molar-refractivity contribution in [2.75, 3.05) is 34.4 Å². The van der Waals surface area contributed by atoms with E-state index in [1.807, 2.05) is 63.2 Å². The molecule has 9 heteroatoms. The second-order valence-electron chi connectivity index (χ2n) is 11.9. The summed E-state index contributed by atoms with van der Waals surface area (Å²) in [6, 6.07) is 9.44. The van der Waals surface area contributed by atoms with Gasteiger partial charge in [0.2, 0.25) is 0 Å². The molecule has 0 aliphatic carbocycles. The topological polar surface area (TPSA) is 107 Å². The van der Waals surface area contributed by atoms with E-state index >= 15 is 0 Å². The third-order valence-corrected chi connectivity index (χ3v) is 8.37. The van der Waals surface area contributed by atoms with E-state index in [1.165, 1.54) is 0 Å². The molecule has 39 heavy (non-hydrogen) atoms. The average Bonchev–Trinajstić information content (AvgIpc) is 2.91. The van der Waals surface area contributed by atoms with E-state index in [9.17, 15) is 14.7 Å². The van der Waals surface area contributed by atoms with Crippen LogP contribution in [0.1, 0.15) is 59.1 Å². The van der Waals surface area contributed by atoms with Gasteiger partial charge in [-0.2, -0.15) is 0 Å². The van der Waals surface area contributed by atoms with Crippen LogP contribution in [0.2, 0.25) is 0 Å². The number of aliphatic hydroxyl groups is 1. The summed E-state index contributed by atoms with van der Waals surface area (Å²) in [5.74, 6) is -2.47. The molecule has 3 rings (SSSR count). The molecule has 1 aromatic carbocycles. The molecule has 0 amide bonds. The second kappa shape index (κ2) is 13.7. The molecular formula is C30H48N2O7. The summed E-state index contributed by atoms with van der Waals surface area (Å²) in [5, 5.41) is 14.7. The average molecular weight is 549 g/mol. The number of cyclic esters (lactones) is 1. The van der Waals surface area contributed by atoms with Crippen molar-refractivity contribution in [1.82, 2.24) is 10.2 Å². The lowest BCUT2D eigenvalue weighted by molar-refractivity contribution is -0.295. The van der Waals surface area contributed by atoms with E-state index in [4.69, 9.17) is 18.9 Å². The van der Waals surface area contributed by atoms with Crippen LogP contribution in [0.3, 0.4) is 0 Å². The van der Waals surface area contributed by atoms with Gasteiger partial charge in [-0.3, -0.25) is 9.59 Å². The van der Waals surface area contributed by atoms with E-state index in [2.05, 4.69) is 12.2 Å². The Morgan fingerprint density at radius 1 is 1.10 bits per heavy atom. The number of nitrogens with zero attached hydrogens (tertiary/aromatic N) is 1. The molecule has 0 aromatic heterocycles. The number of aliphatic hydroxyl groups excluding tert-OH is 1. The third-order valence-electron chi connectivity index (χ3n) is 8.37. The highest BCUT2D eigenvalue weighted by Crippen LogP contribution is 2.36. The van der Waals surface area contributed by atoms with Crippen LogP contribution < -0.4 is 5.32 Å². The Morgan fingerprint density at radius 3 is 2.38 bits per heavy atom. The van der Waals surface area contributed by atoms with Gasteiger partial charge in [0.15, 0.2) is 12.1 Å². The fourth-order valence-corrected chi connectivity index (χ4v) is 5.92. The summed E-state index contributed by atoms with van der Waals surface area (Å²) in [7, 11) is 5.44. The third kappa shape index (κ3) is 7.65. The number of rotatable bonds is 5. The largest absolute Gasteiger partial charge is 0.463 e. The summed E-state index contributed by atoms with van der Waals surface area (Å²) in [4.78, 5) is 28.7. The number of esters is 1. The molecule has 2 heterocycles. The molecule has 2 aliphatic heterocycles. The first-order valence-corrected chi connectivity index (χ1v) is 14.1. The van der Waals surface area contributed by atoms with E-state index in [0.717, 1.165) is 5.56 Å². The summed E-state index contributed by atoms with van der Waals surface area (Å²) < 4.78 is 24.3. The van der Waals surface area contributed by atoms with Crippen LogP contribution in [0.15, 0.2) is 30.3 Å². The number of carbonyl (C=O) groups is 2. The molecule has 220 valence electrons. The number of ketones is 1. The lowest BCUT2D eigenvalue weighted by Crippen LogP contribution is -2.59. The smallest absolute Gasteiger partial charge is 0.316 e. The molecule has 1 aromatic rings. The van der Waals surface area contributed by atoms with Crippen molar-refractivity contribution in [1.29, 1.82) is 0 Å². The SMILES string of the molecule is CO[C@]1(C)C[C@@H](C)CN[C@@H](c2ccccc2)COC(=O)[C@H](C)C(=O)[C@H](C)[C@H]1O[C@@H]1O[C@H](C)CC(N(C)C)C1O. The molecule has 2 N–H and O–H groups in total. The number of hydrogen-bond donors (Lipinski definition) is 2. The van der Waals surface area contributed by atoms with Gasteiger partial charge in [0.25, 0.3) is 0 Å².